The lowest BCUT2D eigenvalue weighted by Crippen LogP contribution is -2.50. The van der Waals surface area contributed by atoms with Gasteiger partial charge in [0, 0.05) is 11.0 Å². The lowest BCUT2D eigenvalue weighted by Gasteiger charge is -2.34. The summed E-state index contributed by atoms with van der Waals surface area (Å²) < 4.78 is 0. The molecule has 1 atom stereocenters. The van der Waals surface area contributed by atoms with Crippen molar-refractivity contribution < 1.29 is 4.79 Å². The van der Waals surface area contributed by atoms with Crippen molar-refractivity contribution in [3.63, 3.8) is 0 Å². The van der Waals surface area contributed by atoms with E-state index in [1.807, 2.05) is 24.3 Å². The van der Waals surface area contributed by atoms with Gasteiger partial charge in [0.1, 0.15) is 5.70 Å². The van der Waals surface area contributed by atoms with Gasteiger partial charge in [-0.2, -0.15) is 0 Å². The molecule has 0 unspecified atom stereocenters. The van der Waals surface area contributed by atoms with Crippen molar-refractivity contribution in [1.29, 1.82) is 0 Å². The summed E-state index contributed by atoms with van der Waals surface area (Å²) in [6.45, 7) is 4.16. The molecule has 132 valence electrons. The van der Waals surface area contributed by atoms with Crippen LogP contribution in [0.2, 0.25) is 0 Å². The van der Waals surface area contributed by atoms with Gasteiger partial charge in [0.25, 0.3) is 5.91 Å². The number of nitrogens with zero attached hydrogens (tertiary/aromatic N) is 3. The average molecular weight is 364 g/mol. The fourth-order valence-electron chi connectivity index (χ4n) is 3.05. The third-order valence-corrected chi connectivity index (χ3v) is 5.40. The second-order valence-corrected chi connectivity index (χ2v) is 7.42. The van der Waals surface area contributed by atoms with E-state index in [9.17, 15) is 4.79 Å². The minimum Gasteiger partial charge on any atom is -0.298 e. The van der Waals surface area contributed by atoms with E-state index in [2.05, 4.69) is 43.4 Å². The highest BCUT2D eigenvalue weighted by atomic mass is 32.2. The Kier molecular flexibility index (Phi) is 4.51. The second kappa shape index (κ2) is 6.96. The van der Waals surface area contributed by atoms with E-state index >= 15 is 0 Å². The van der Waals surface area contributed by atoms with Crippen molar-refractivity contribution in [2.75, 3.05) is 5.75 Å². The summed E-state index contributed by atoms with van der Waals surface area (Å²) in [7, 11) is 0. The number of thioether (sulfide) groups is 1. The SMILES string of the molecule is CCCSC1=NN2C(=c3ccccc3=N[C@@H]2c2ccc(C)cc2)C(=O)N1. The Morgan fingerprint density at radius 2 is 1.92 bits per heavy atom. The molecule has 0 aliphatic carbocycles. The molecule has 2 aromatic rings. The van der Waals surface area contributed by atoms with E-state index in [1.54, 1.807) is 16.8 Å². The van der Waals surface area contributed by atoms with E-state index in [0.717, 1.165) is 28.3 Å². The van der Waals surface area contributed by atoms with Crippen LogP contribution in [0.5, 0.6) is 0 Å². The summed E-state index contributed by atoms with van der Waals surface area (Å²) in [5, 5.41) is 11.7. The maximum absolute atomic E-state index is 12.9. The van der Waals surface area contributed by atoms with Crippen molar-refractivity contribution in [3.8, 4) is 0 Å². The summed E-state index contributed by atoms with van der Waals surface area (Å²) in [5.41, 5.74) is 2.76. The molecule has 0 saturated carbocycles. The third-order valence-electron chi connectivity index (χ3n) is 4.33. The maximum Gasteiger partial charge on any atom is 0.276 e. The minimum absolute atomic E-state index is 0.127. The fourth-order valence-corrected chi connectivity index (χ4v) is 3.75. The Labute approximate surface area is 156 Å². The number of aryl methyl sites for hydroxylation is 1. The van der Waals surface area contributed by atoms with Gasteiger partial charge in [0.05, 0.1) is 5.36 Å². The highest BCUT2D eigenvalue weighted by molar-refractivity contribution is 8.13. The summed E-state index contributed by atoms with van der Waals surface area (Å²) >= 11 is 1.56. The zero-order chi connectivity index (χ0) is 18.1. The first kappa shape index (κ1) is 16.8. The molecule has 0 fully saturated rings. The van der Waals surface area contributed by atoms with Gasteiger partial charge in [-0.15, -0.1) is 5.10 Å². The van der Waals surface area contributed by atoms with Crippen LogP contribution < -0.4 is 15.9 Å². The number of hydrogen-bond donors (Lipinski definition) is 1. The molecule has 2 aliphatic rings. The molecule has 0 radical (unpaired) electrons. The van der Waals surface area contributed by atoms with Gasteiger partial charge in [-0.25, -0.2) is 5.01 Å². The third kappa shape index (κ3) is 3.01. The Balaban J connectivity index is 1.89. The number of para-hydroxylation sites is 1. The van der Waals surface area contributed by atoms with E-state index in [1.165, 1.54) is 5.56 Å². The molecule has 1 N–H and O–H groups in total. The van der Waals surface area contributed by atoms with E-state index in [0.29, 0.717) is 10.9 Å². The number of amides is 1. The van der Waals surface area contributed by atoms with Gasteiger partial charge >= 0.3 is 0 Å². The quantitative estimate of drug-likeness (QED) is 0.909. The first-order valence-electron chi connectivity index (χ1n) is 8.73. The average Bonchev–Trinajstić information content (AvgIpc) is 2.66. The van der Waals surface area contributed by atoms with Crippen LogP contribution in [0.3, 0.4) is 0 Å². The number of nitrogens with one attached hydrogen (secondary N) is 1. The smallest absolute Gasteiger partial charge is 0.276 e. The number of rotatable bonds is 3. The number of benzene rings is 2. The number of hydrogen-bond acceptors (Lipinski definition) is 5. The second-order valence-electron chi connectivity index (χ2n) is 6.33. The molecule has 6 heteroatoms. The summed E-state index contributed by atoms with van der Waals surface area (Å²) in [6.07, 6.45) is 0.675. The summed E-state index contributed by atoms with van der Waals surface area (Å²) in [4.78, 5) is 17.8. The molecule has 2 heterocycles. The Hall–Kier alpha value is -2.60. The van der Waals surface area contributed by atoms with E-state index in [4.69, 9.17) is 10.1 Å². The molecule has 2 aromatic carbocycles. The molecule has 4 rings (SSSR count). The van der Waals surface area contributed by atoms with Crippen molar-refractivity contribution in [3.05, 3.63) is 70.2 Å². The first-order chi connectivity index (χ1) is 12.7. The van der Waals surface area contributed by atoms with Crippen LogP contribution in [0, 0.1) is 6.92 Å². The van der Waals surface area contributed by atoms with Crippen LogP contribution in [-0.2, 0) is 4.79 Å². The minimum atomic E-state index is -0.344. The largest absolute Gasteiger partial charge is 0.298 e. The van der Waals surface area contributed by atoms with Crippen LogP contribution in [0.15, 0.2) is 58.6 Å². The number of carbonyl (C=O) groups excluding carboxylic acids is 1. The molecule has 0 aromatic heterocycles. The number of fused-ring (bicyclic) bond motifs is 2. The molecule has 0 saturated heterocycles. The zero-order valence-electron chi connectivity index (χ0n) is 14.8. The predicted molar refractivity (Wildman–Crippen MR) is 105 cm³/mol. The van der Waals surface area contributed by atoms with E-state index < -0.39 is 0 Å². The molecular weight excluding hydrogens is 344 g/mol. The molecule has 1 amide bonds. The summed E-state index contributed by atoms with van der Waals surface area (Å²) in [6, 6.07) is 16.0. The van der Waals surface area contributed by atoms with Crippen molar-refractivity contribution in [2.45, 2.75) is 26.4 Å². The van der Waals surface area contributed by atoms with Crippen molar-refractivity contribution >= 4 is 28.5 Å². The van der Waals surface area contributed by atoms with Gasteiger partial charge in [-0.3, -0.25) is 15.1 Å². The van der Waals surface area contributed by atoms with Gasteiger partial charge in [0.15, 0.2) is 11.3 Å². The van der Waals surface area contributed by atoms with Crippen LogP contribution in [0.4, 0.5) is 0 Å². The van der Waals surface area contributed by atoms with Gasteiger partial charge in [-0.1, -0.05) is 66.7 Å². The van der Waals surface area contributed by atoms with Gasteiger partial charge in [0.2, 0.25) is 0 Å². The highest BCUT2D eigenvalue weighted by Crippen LogP contribution is 2.30. The standard InChI is InChI=1S/C20H20N4OS/c1-3-12-26-20-22-19(25)17-15-6-4-5-7-16(15)21-18(24(17)23-20)14-10-8-13(2)9-11-14/h4-11,18H,3,12H2,1-2H3,(H,22,23,25)/t18-/m0/s1. The normalized spacial score (nSPS) is 18.5. The monoisotopic (exact) mass is 364 g/mol. The number of hydrazone groups is 1. The lowest BCUT2D eigenvalue weighted by atomic mass is 10.1. The first-order valence-corrected chi connectivity index (χ1v) is 9.71. The highest BCUT2D eigenvalue weighted by Gasteiger charge is 2.34. The Morgan fingerprint density at radius 3 is 2.69 bits per heavy atom. The van der Waals surface area contributed by atoms with Crippen LogP contribution in [0.1, 0.15) is 30.6 Å². The molecule has 2 aliphatic heterocycles. The zero-order valence-corrected chi connectivity index (χ0v) is 15.6. The Bertz CT molecular complexity index is 997. The van der Waals surface area contributed by atoms with Crippen molar-refractivity contribution in [1.82, 2.24) is 10.3 Å². The molecule has 0 bridgehead atoms. The topological polar surface area (TPSA) is 57.1 Å². The van der Waals surface area contributed by atoms with Crippen LogP contribution in [-0.4, -0.2) is 21.8 Å². The fraction of sp³-hybridized carbons (Fsp3) is 0.250. The van der Waals surface area contributed by atoms with Crippen LogP contribution >= 0.6 is 11.8 Å². The lowest BCUT2D eigenvalue weighted by molar-refractivity contribution is -0.116. The molecule has 0 spiro atoms. The number of amidine groups is 1. The number of carbonyl (C=O) groups is 1. The predicted octanol–water partition coefficient (Wildman–Crippen LogP) is 2.28. The van der Waals surface area contributed by atoms with E-state index in [-0.39, 0.29) is 12.1 Å². The van der Waals surface area contributed by atoms with Crippen LogP contribution in [0.25, 0.3) is 5.70 Å². The maximum atomic E-state index is 12.9. The van der Waals surface area contributed by atoms with Crippen molar-refractivity contribution in [2.24, 2.45) is 10.1 Å². The Morgan fingerprint density at radius 1 is 1.15 bits per heavy atom. The molecular formula is C20H20N4OS. The summed E-state index contributed by atoms with van der Waals surface area (Å²) in [5.74, 6) is 0.781. The van der Waals surface area contributed by atoms with Gasteiger partial charge < -0.3 is 0 Å². The molecule has 5 nitrogen and oxygen atoms in total. The van der Waals surface area contributed by atoms with Gasteiger partial charge in [-0.05, 0) is 25.0 Å². The molecule has 26 heavy (non-hydrogen) atoms.